The third-order valence-electron chi connectivity index (χ3n) is 1.28. The summed E-state index contributed by atoms with van der Waals surface area (Å²) in [5.41, 5.74) is 0. The third kappa shape index (κ3) is 7.78. The number of hydrogen-bond donors (Lipinski definition) is 2. The predicted molar refractivity (Wildman–Crippen MR) is 51.6 cm³/mol. The van der Waals surface area contributed by atoms with Crippen LogP contribution >= 0.6 is 0 Å². The Hall–Kier alpha value is -2.46. The van der Waals surface area contributed by atoms with Gasteiger partial charge in [0.1, 0.15) is 0 Å². The first-order chi connectivity index (χ1) is 8.49. The Morgan fingerprint density at radius 2 is 1.11 bits per heavy atom. The van der Waals surface area contributed by atoms with Crippen LogP contribution in [0.15, 0.2) is 12.2 Å². The fraction of sp³-hybridized carbons (Fsp3) is 0.250. The maximum atomic E-state index is 10.9. The Balaban J connectivity index is 3.92. The number of hydrogen-bond acceptors (Lipinski definition) is 10. The molecule has 0 aromatic heterocycles. The highest BCUT2D eigenvalue weighted by molar-refractivity contribution is 5.92. The van der Waals surface area contributed by atoms with Gasteiger partial charge in [0, 0.05) is 12.2 Å². The minimum Gasteiger partial charge on any atom is -0.450 e. The van der Waals surface area contributed by atoms with Crippen LogP contribution in [0.25, 0.3) is 0 Å². The molecule has 18 heavy (non-hydrogen) atoms. The van der Waals surface area contributed by atoms with E-state index in [0.717, 1.165) is 0 Å². The molecule has 0 radical (unpaired) electrons. The summed E-state index contributed by atoms with van der Waals surface area (Å²) in [6, 6.07) is 0. The molecule has 0 amide bonds. The molecule has 4 N–H and O–H groups in total. The second kappa shape index (κ2) is 8.66. The molecular formula is C8H10N2O8. The molecule has 0 aliphatic rings. The summed E-state index contributed by atoms with van der Waals surface area (Å²) >= 11 is 0. The zero-order valence-electron chi connectivity index (χ0n) is 8.99. The van der Waals surface area contributed by atoms with E-state index in [0.29, 0.717) is 12.2 Å². The van der Waals surface area contributed by atoms with Crippen molar-refractivity contribution in [1.82, 2.24) is 0 Å². The lowest BCUT2D eigenvalue weighted by Gasteiger charge is -1.99. The largest absolute Gasteiger partial charge is 0.450 e. The molecular weight excluding hydrogens is 252 g/mol. The van der Waals surface area contributed by atoms with Crippen molar-refractivity contribution < 1.29 is 38.3 Å². The molecule has 10 nitrogen and oxygen atoms in total. The van der Waals surface area contributed by atoms with Crippen LogP contribution in [0.4, 0.5) is 0 Å². The molecule has 0 aromatic rings. The van der Waals surface area contributed by atoms with Crippen molar-refractivity contribution in [3.63, 3.8) is 0 Å². The first kappa shape index (κ1) is 15.5. The lowest BCUT2D eigenvalue weighted by atomic mass is 10.5. The van der Waals surface area contributed by atoms with Gasteiger partial charge in [-0.05, 0) is 0 Å². The number of nitrogens with two attached hydrogens (primary N) is 2. The predicted octanol–water partition coefficient (Wildman–Crippen LogP) is -2.54. The van der Waals surface area contributed by atoms with Gasteiger partial charge >= 0.3 is 23.9 Å². The summed E-state index contributed by atoms with van der Waals surface area (Å²) < 4.78 is 8.58. The van der Waals surface area contributed by atoms with Crippen LogP contribution < -0.4 is 11.8 Å². The number of ether oxygens (including phenoxy) is 2. The van der Waals surface area contributed by atoms with E-state index in [-0.39, 0.29) is 0 Å². The highest BCUT2D eigenvalue weighted by Gasteiger charge is 2.07. The van der Waals surface area contributed by atoms with Crippen molar-refractivity contribution in [1.29, 1.82) is 0 Å². The Bertz CT molecular complexity index is 330. The van der Waals surface area contributed by atoms with Gasteiger partial charge in [0.2, 0.25) is 0 Å². The molecule has 0 aromatic carbocycles. The van der Waals surface area contributed by atoms with Gasteiger partial charge in [-0.2, -0.15) is 11.8 Å². The minimum atomic E-state index is -1.00. The van der Waals surface area contributed by atoms with Crippen molar-refractivity contribution in [3.05, 3.63) is 12.2 Å². The molecule has 100 valence electrons. The summed E-state index contributed by atoms with van der Waals surface area (Å²) in [4.78, 5) is 50.1. The van der Waals surface area contributed by atoms with Crippen molar-refractivity contribution >= 4 is 23.9 Å². The molecule has 0 heterocycles. The van der Waals surface area contributed by atoms with Gasteiger partial charge in [0.05, 0.1) is 0 Å². The molecule has 10 heteroatoms. The van der Waals surface area contributed by atoms with E-state index in [4.69, 9.17) is 0 Å². The molecule has 0 aliphatic heterocycles. The van der Waals surface area contributed by atoms with Gasteiger partial charge in [-0.25, -0.2) is 19.2 Å². The Labute approximate surface area is 100 Å². The molecule has 0 saturated heterocycles. The van der Waals surface area contributed by atoms with Crippen LogP contribution in [0.2, 0.25) is 0 Å². The van der Waals surface area contributed by atoms with Crippen LogP contribution in [0.3, 0.4) is 0 Å². The third-order valence-corrected chi connectivity index (χ3v) is 1.28. The monoisotopic (exact) mass is 262 g/mol. The van der Waals surface area contributed by atoms with E-state index in [2.05, 4.69) is 30.9 Å². The fourth-order valence-electron chi connectivity index (χ4n) is 0.560. The van der Waals surface area contributed by atoms with Gasteiger partial charge < -0.3 is 19.1 Å². The van der Waals surface area contributed by atoms with E-state index in [1.807, 2.05) is 0 Å². The average molecular weight is 262 g/mol. The molecule has 0 rings (SSSR count). The highest BCUT2D eigenvalue weighted by Crippen LogP contribution is 1.87. The van der Waals surface area contributed by atoms with E-state index in [1.54, 1.807) is 0 Å². The lowest BCUT2D eigenvalue weighted by Crippen LogP contribution is -2.19. The van der Waals surface area contributed by atoms with E-state index < -0.39 is 37.1 Å². The topological polar surface area (TPSA) is 157 Å². The van der Waals surface area contributed by atoms with Crippen LogP contribution in [0.5, 0.6) is 0 Å². The van der Waals surface area contributed by atoms with Crippen LogP contribution in [0, 0.1) is 0 Å². The fourth-order valence-corrected chi connectivity index (χ4v) is 0.560. The number of carbonyl (C=O) groups excluding carboxylic acids is 4. The zero-order valence-corrected chi connectivity index (χ0v) is 8.99. The zero-order chi connectivity index (χ0) is 14.0. The van der Waals surface area contributed by atoms with Gasteiger partial charge in [-0.3, -0.25) is 0 Å². The summed E-state index contributed by atoms with van der Waals surface area (Å²) in [5.74, 6) is 5.01. The maximum Gasteiger partial charge on any atom is 0.362 e. The normalized spacial score (nSPS) is 9.67. The molecule has 0 spiro atoms. The first-order valence-electron chi connectivity index (χ1n) is 4.30. The van der Waals surface area contributed by atoms with Crippen molar-refractivity contribution in [2.45, 2.75) is 0 Å². The standard InChI is InChI=1S/C8H10N2O8/c9-17-7(13)3-15-5(11)1-2-6(12)16-4-8(14)18-10/h1-2H,3-4,9-10H2/b2-1+. The molecule has 0 unspecified atom stereocenters. The molecule has 0 saturated carbocycles. The highest BCUT2D eigenvalue weighted by atomic mass is 16.7. The average Bonchev–Trinajstić information content (AvgIpc) is 2.39. The molecule has 0 fully saturated rings. The van der Waals surface area contributed by atoms with E-state index in [1.165, 1.54) is 0 Å². The summed E-state index contributed by atoms with van der Waals surface area (Å²) in [7, 11) is 0. The molecule has 0 atom stereocenters. The van der Waals surface area contributed by atoms with Crippen molar-refractivity contribution in [3.8, 4) is 0 Å². The SMILES string of the molecule is NOC(=O)COC(=O)/C=C/C(=O)OCC(=O)ON. The Morgan fingerprint density at radius 3 is 1.39 bits per heavy atom. The quantitative estimate of drug-likeness (QED) is 0.297. The summed E-state index contributed by atoms with van der Waals surface area (Å²) in [6.45, 7) is -1.40. The lowest BCUT2D eigenvalue weighted by molar-refractivity contribution is -0.157. The number of rotatable bonds is 6. The summed E-state index contributed by atoms with van der Waals surface area (Å²) in [6.07, 6.45) is 1.36. The van der Waals surface area contributed by atoms with Gasteiger partial charge in [0.15, 0.2) is 13.2 Å². The van der Waals surface area contributed by atoms with Gasteiger partial charge in [-0.15, -0.1) is 0 Å². The number of carbonyl (C=O) groups is 4. The number of esters is 2. The van der Waals surface area contributed by atoms with Crippen molar-refractivity contribution in [2.75, 3.05) is 13.2 Å². The van der Waals surface area contributed by atoms with Crippen LogP contribution in [-0.2, 0) is 38.3 Å². The van der Waals surface area contributed by atoms with Crippen LogP contribution in [-0.4, -0.2) is 37.1 Å². The second-order valence-corrected chi connectivity index (χ2v) is 2.53. The van der Waals surface area contributed by atoms with Crippen molar-refractivity contribution in [2.24, 2.45) is 11.8 Å². The Kier molecular flexibility index (Phi) is 7.48. The van der Waals surface area contributed by atoms with E-state index in [9.17, 15) is 19.2 Å². The second-order valence-electron chi connectivity index (χ2n) is 2.53. The molecule has 0 aliphatic carbocycles. The van der Waals surface area contributed by atoms with Gasteiger partial charge in [-0.1, -0.05) is 0 Å². The van der Waals surface area contributed by atoms with Gasteiger partial charge in [0.25, 0.3) is 0 Å². The first-order valence-corrected chi connectivity index (χ1v) is 4.30. The Morgan fingerprint density at radius 1 is 0.778 bits per heavy atom. The minimum absolute atomic E-state index is 0.680. The smallest absolute Gasteiger partial charge is 0.362 e. The summed E-state index contributed by atoms with van der Waals surface area (Å²) in [5, 5.41) is 0. The van der Waals surface area contributed by atoms with Crippen LogP contribution in [0.1, 0.15) is 0 Å². The maximum absolute atomic E-state index is 10.9. The van der Waals surface area contributed by atoms with E-state index >= 15 is 0 Å². The molecule has 0 bridgehead atoms.